The van der Waals surface area contributed by atoms with E-state index in [4.69, 9.17) is 11.3 Å². The van der Waals surface area contributed by atoms with Crippen molar-refractivity contribution in [2.45, 2.75) is 0 Å². The number of furan rings is 1. The van der Waals surface area contributed by atoms with Crippen LogP contribution in [0, 0.1) is 0 Å². The number of nitrogens with zero attached hydrogens (tertiary/aromatic N) is 1. The van der Waals surface area contributed by atoms with Crippen molar-refractivity contribution in [3.8, 4) is 44.5 Å². The van der Waals surface area contributed by atoms with Crippen molar-refractivity contribution >= 4 is 49.8 Å². The Morgan fingerprint density at radius 3 is 1.81 bits per heavy atom. The average molecular weight is 704 g/mol. The lowest BCUT2D eigenvalue weighted by Crippen LogP contribution is -2.10. The molecule has 0 fully saturated rings. The molecule has 0 radical (unpaired) electrons. The minimum absolute atomic E-state index is 0.0196. The molecule has 0 aliphatic heterocycles. The van der Waals surface area contributed by atoms with Crippen molar-refractivity contribution in [3.63, 3.8) is 0 Å². The van der Waals surface area contributed by atoms with Gasteiger partial charge < -0.3 is 9.32 Å². The Bertz CT molecular complexity index is 3700. The van der Waals surface area contributed by atoms with Crippen molar-refractivity contribution in [1.29, 1.82) is 0 Å². The maximum Gasteiger partial charge on any atom is 0.145 e. The zero-order valence-electron chi connectivity index (χ0n) is 42.5. The molecule has 0 aliphatic carbocycles. The second-order valence-electron chi connectivity index (χ2n) is 12.6. The summed E-state index contributed by atoms with van der Waals surface area (Å²) in [5.74, 6) is 0. The molecular weight excluding hydrogens is 655 g/mol. The van der Waals surface area contributed by atoms with Crippen LogP contribution in [0.4, 0.5) is 17.1 Å². The van der Waals surface area contributed by atoms with Crippen LogP contribution >= 0.6 is 0 Å². The number of rotatable bonds is 7. The molecule has 254 valence electrons. The number of hydrogen-bond donors (Lipinski definition) is 0. The summed E-state index contributed by atoms with van der Waals surface area (Å²) in [6.45, 7) is 0. The predicted octanol–water partition coefficient (Wildman–Crippen LogP) is 14.9. The van der Waals surface area contributed by atoms with Gasteiger partial charge in [-0.25, -0.2) is 0 Å². The highest BCUT2D eigenvalue weighted by atomic mass is 16.3. The summed E-state index contributed by atoms with van der Waals surface area (Å²) in [5.41, 5.74) is 0.432. The third-order valence-electron chi connectivity index (χ3n) is 9.38. The van der Waals surface area contributed by atoms with E-state index in [1.165, 1.54) is 0 Å². The lowest BCUT2D eigenvalue weighted by molar-refractivity contribution is 0.670. The molecule has 0 bridgehead atoms. The first-order valence-electron chi connectivity index (χ1n) is 24.3. The highest BCUT2D eigenvalue weighted by molar-refractivity contribution is 6.17. The van der Waals surface area contributed by atoms with Gasteiger partial charge in [0.05, 0.1) is 30.3 Å². The second kappa shape index (κ2) is 13.4. The Morgan fingerprint density at radius 2 is 1.06 bits per heavy atom. The molecule has 0 unspecified atom stereocenters. The van der Waals surface area contributed by atoms with E-state index in [1.54, 1.807) is 72.8 Å². The molecule has 1 aromatic heterocycles. The van der Waals surface area contributed by atoms with Gasteiger partial charge in [0.2, 0.25) is 0 Å². The number of benzene rings is 9. The Kier molecular flexibility index (Phi) is 5.02. The first kappa shape index (κ1) is 20.2. The van der Waals surface area contributed by atoms with E-state index in [2.05, 4.69) is 0 Å². The molecule has 0 N–H and O–H groups in total. The van der Waals surface area contributed by atoms with Gasteiger partial charge in [0.15, 0.2) is 0 Å². The smallest absolute Gasteiger partial charge is 0.145 e. The summed E-state index contributed by atoms with van der Waals surface area (Å²) in [7, 11) is 0. The SMILES string of the molecule is [2H]c1c([2H])c(-c2ccccc2)c([2H])c(N(c2c([2H])c([2H])c(-c3ccc(-c4ccccc4)cc3)c([2H])c2[2H])c2c([2H])c([2H])c(-c3ccc4ccccc4c3)c3oc4c([2H])c([2H])c([2H])c([2H])c4c23)c1[2H]. The fourth-order valence-electron chi connectivity index (χ4n) is 6.73. The summed E-state index contributed by atoms with van der Waals surface area (Å²) in [6, 6.07) is 28.8. The molecule has 0 saturated carbocycles. The quantitative estimate of drug-likeness (QED) is 0.164. The van der Waals surface area contributed by atoms with E-state index >= 15 is 0 Å². The van der Waals surface area contributed by atoms with Crippen molar-refractivity contribution in [1.82, 2.24) is 0 Å². The van der Waals surface area contributed by atoms with Gasteiger partial charge in [0, 0.05) is 22.3 Å². The summed E-state index contributed by atoms with van der Waals surface area (Å²) < 4.78 is 138. The minimum Gasteiger partial charge on any atom is -0.455 e. The number of fused-ring (bicyclic) bond motifs is 4. The van der Waals surface area contributed by atoms with Crippen LogP contribution in [0.1, 0.15) is 19.2 Å². The van der Waals surface area contributed by atoms with Crippen LogP contribution < -0.4 is 4.90 Å². The lowest BCUT2D eigenvalue weighted by atomic mass is 9.97. The molecule has 0 atom stereocenters. The molecule has 9 aromatic carbocycles. The van der Waals surface area contributed by atoms with Gasteiger partial charge in [0.1, 0.15) is 11.2 Å². The summed E-state index contributed by atoms with van der Waals surface area (Å²) in [4.78, 5) is 0.945. The largest absolute Gasteiger partial charge is 0.455 e. The van der Waals surface area contributed by atoms with Crippen LogP contribution in [-0.2, 0) is 0 Å². The molecule has 0 aliphatic rings. The maximum absolute atomic E-state index is 9.98. The fraction of sp³-hybridized carbons (Fsp3) is 0. The van der Waals surface area contributed by atoms with Gasteiger partial charge in [0.25, 0.3) is 0 Å². The van der Waals surface area contributed by atoms with E-state index in [1.807, 2.05) is 54.6 Å². The van der Waals surface area contributed by atoms with Gasteiger partial charge in [-0.3, -0.25) is 0 Å². The average Bonchev–Trinajstić information content (AvgIpc) is 3.74. The van der Waals surface area contributed by atoms with Crippen LogP contribution in [-0.4, -0.2) is 0 Å². The highest BCUT2D eigenvalue weighted by Gasteiger charge is 2.22. The number of para-hydroxylation sites is 1. The Balaban J connectivity index is 1.37. The normalized spacial score (nSPS) is 15.0. The zero-order chi connectivity index (χ0) is 48.0. The zero-order valence-corrected chi connectivity index (χ0v) is 28.5. The molecule has 0 saturated heterocycles. The monoisotopic (exact) mass is 703 g/mol. The van der Waals surface area contributed by atoms with E-state index in [0.29, 0.717) is 16.7 Å². The number of hydrogen-bond acceptors (Lipinski definition) is 2. The van der Waals surface area contributed by atoms with E-state index in [0.717, 1.165) is 26.8 Å². The summed E-state index contributed by atoms with van der Waals surface area (Å²) >= 11 is 0. The van der Waals surface area contributed by atoms with E-state index in [9.17, 15) is 12.3 Å². The lowest BCUT2D eigenvalue weighted by Gasteiger charge is -2.27. The fourth-order valence-corrected chi connectivity index (χ4v) is 6.73. The second-order valence-corrected chi connectivity index (χ2v) is 12.6. The molecular formula is C52H35NO. The Hall–Kier alpha value is -7.16. The van der Waals surface area contributed by atoms with Crippen LogP contribution in [0.5, 0.6) is 0 Å². The molecule has 0 amide bonds. The Morgan fingerprint density at radius 1 is 0.426 bits per heavy atom. The maximum atomic E-state index is 9.98. The van der Waals surface area contributed by atoms with Gasteiger partial charge in [-0.1, -0.05) is 164 Å². The van der Waals surface area contributed by atoms with E-state index < -0.39 is 102 Å². The van der Waals surface area contributed by atoms with E-state index in [-0.39, 0.29) is 38.6 Å². The summed E-state index contributed by atoms with van der Waals surface area (Å²) in [5, 5.41) is 1.16. The molecule has 2 heteroatoms. The van der Waals surface area contributed by atoms with Gasteiger partial charge >= 0.3 is 0 Å². The van der Waals surface area contributed by atoms with Gasteiger partial charge in [-0.05, 0) is 98.1 Å². The molecule has 2 nitrogen and oxygen atoms in total. The van der Waals surface area contributed by atoms with Crippen LogP contribution in [0.25, 0.3) is 77.2 Å². The van der Waals surface area contributed by atoms with Crippen molar-refractivity contribution in [3.05, 3.63) is 212 Å². The van der Waals surface area contributed by atoms with Crippen LogP contribution in [0.3, 0.4) is 0 Å². The first-order chi connectivity index (χ1) is 32.6. The third kappa shape index (κ3) is 5.71. The van der Waals surface area contributed by atoms with Crippen LogP contribution in [0.2, 0.25) is 0 Å². The van der Waals surface area contributed by atoms with Crippen molar-refractivity contribution < 1.29 is 23.6 Å². The molecule has 10 rings (SSSR count). The first-order valence-corrected chi connectivity index (χ1v) is 17.3. The molecule has 54 heavy (non-hydrogen) atoms. The van der Waals surface area contributed by atoms with Crippen molar-refractivity contribution in [2.24, 2.45) is 0 Å². The molecule has 0 spiro atoms. The third-order valence-corrected chi connectivity index (χ3v) is 9.38. The minimum atomic E-state index is -0.760. The van der Waals surface area contributed by atoms with Crippen LogP contribution in [0.15, 0.2) is 216 Å². The molecule has 10 aromatic rings. The topological polar surface area (TPSA) is 16.4 Å². The predicted molar refractivity (Wildman–Crippen MR) is 228 cm³/mol. The molecule has 1 heterocycles. The summed E-state index contributed by atoms with van der Waals surface area (Å²) in [6.07, 6.45) is 0. The standard InChI is InChI=1S/C52H35NO/c1-3-12-36(13-4-1)39-22-24-40(25-23-39)41-28-30-45(31-29-41)53(46-19-11-18-43(35-46)37-14-5-2-6-15-37)49-33-32-47(44-27-26-38-16-7-8-17-42(38)34-44)52-51(49)48-20-9-10-21-50(48)54-52/h1-35H/i9D,10D,11D,18D,19D,20D,21D,28D,29D,30D,31D,32D,33D,35D. The van der Waals surface area contributed by atoms with Crippen molar-refractivity contribution in [2.75, 3.05) is 4.90 Å². The number of anilines is 3. The van der Waals surface area contributed by atoms with Gasteiger partial charge in [-0.15, -0.1) is 0 Å². The Labute approximate surface area is 334 Å². The van der Waals surface area contributed by atoms with Gasteiger partial charge in [-0.2, -0.15) is 0 Å². The highest BCUT2D eigenvalue weighted by Crippen LogP contribution is 2.47.